The van der Waals surface area contributed by atoms with Crippen molar-refractivity contribution in [3.8, 4) is 0 Å². The van der Waals surface area contributed by atoms with E-state index >= 15 is 0 Å². The second kappa shape index (κ2) is 6.50. The van der Waals surface area contributed by atoms with Crippen LogP contribution >= 0.6 is 0 Å². The Balaban J connectivity index is 2.17. The van der Waals surface area contributed by atoms with Gasteiger partial charge in [-0.2, -0.15) is 17.0 Å². The number of rotatable bonds is 5. The summed E-state index contributed by atoms with van der Waals surface area (Å²) >= 11 is 0. The zero-order valence-corrected chi connectivity index (χ0v) is 12.7. The molecular formula is C13H19N3O4S. The highest BCUT2D eigenvalue weighted by Gasteiger charge is 2.38. The number of piperidine rings is 1. The van der Waals surface area contributed by atoms with Gasteiger partial charge >= 0.3 is 5.97 Å². The van der Waals surface area contributed by atoms with Crippen molar-refractivity contribution < 1.29 is 18.3 Å². The topological polar surface area (TPSA) is 90.8 Å². The summed E-state index contributed by atoms with van der Waals surface area (Å²) in [6.45, 7) is 0.412. The minimum atomic E-state index is -3.80. The maximum absolute atomic E-state index is 12.6. The third kappa shape index (κ3) is 3.58. The van der Waals surface area contributed by atoms with Crippen LogP contribution in [-0.4, -0.2) is 52.7 Å². The van der Waals surface area contributed by atoms with Crippen molar-refractivity contribution >= 4 is 16.2 Å². The Morgan fingerprint density at radius 1 is 1.52 bits per heavy atom. The second-order valence-corrected chi connectivity index (χ2v) is 7.07. The summed E-state index contributed by atoms with van der Waals surface area (Å²) in [5, 5.41) is 9.21. The van der Waals surface area contributed by atoms with Crippen LogP contribution in [0.25, 0.3) is 0 Å². The van der Waals surface area contributed by atoms with Gasteiger partial charge in [0.05, 0.1) is 0 Å². The van der Waals surface area contributed by atoms with Crippen molar-refractivity contribution in [2.24, 2.45) is 0 Å². The van der Waals surface area contributed by atoms with Gasteiger partial charge in [0.1, 0.15) is 6.04 Å². The van der Waals surface area contributed by atoms with Crippen molar-refractivity contribution in [3.05, 3.63) is 30.1 Å². The van der Waals surface area contributed by atoms with Crippen LogP contribution in [0.1, 0.15) is 24.8 Å². The number of carboxylic acids is 1. The van der Waals surface area contributed by atoms with Gasteiger partial charge in [0.25, 0.3) is 10.2 Å². The molecule has 0 aromatic carbocycles. The SMILES string of the molecule is CN(Cc1cccnc1)S(=O)(=O)N1CCCCC1C(=O)O. The molecular weight excluding hydrogens is 294 g/mol. The smallest absolute Gasteiger partial charge is 0.322 e. The van der Waals surface area contributed by atoms with Crippen LogP contribution in [0.3, 0.4) is 0 Å². The predicted octanol–water partition coefficient (Wildman–Crippen LogP) is 0.697. The number of aliphatic carboxylic acids is 1. The summed E-state index contributed by atoms with van der Waals surface area (Å²) in [5.74, 6) is -1.09. The molecule has 2 heterocycles. The third-order valence-electron chi connectivity index (χ3n) is 3.56. The minimum Gasteiger partial charge on any atom is -0.480 e. The van der Waals surface area contributed by atoms with Crippen LogP contribution in [0.15, 0.2) is 24.5 Å². The van der Waals surface area contributed by atoms with E-state index in [4.69, 9.17) is 0 Å². The van der Waals surface area contributed by atoms with E-state index in [1.54, 1.807) is 24.5 Å². The normalized spacial score (nSPS) is 20.6. The van der Waals surface area contributed by atoms with Crippen molar-refractivity contribution in [2.45, 2.75) is 31.8 Å². The van der Waals surface area contributed by atoms with Crippen molar-refractivity contribution in [3.63, 3.8) is 0 Å². The zero-order valence-electron chi connectivity index (χ0n) is 11.8. The molecule has 0 amide bonds. The quantitative estimate of drug-likeness (QED) is 0.864. The first-order valence-corrected chi connectivity index (χ1v) is 8.17. The fraction of sp³-hybridized carbons (Fsp3) is 0.538. The predicted molar refractivity (Wildman–Crippen MR) is 76.6 cm³/mol. The number of aromatic nitrogens is 1. The molecule has 1 atom stereocenters. The van der Waals surface area contributed by atoms with E-state index in [9.17, 15) is 18.3 Å². The molecule has 7 nitrogen and oxygen atoms in total. The number of hydrogen-bond acceptors (Lipinski definition) is 4. The Kier molecular flexibility index (Phi) is 4.92. The summed E-state index contributed by atoms with van der Waals surface area (Å²) in [5.41, 5.74) is 0.757. The van der Waals surface area contributed by atoms with Gasteiger partial charge in [-0.05, 0) is 30.9 Å². The molecule has 2 rings (SSSR count). The molecule has 1 aromatic rings. The molecule has 116 valence electrons. The van der Waals surface area contributed by atoms with Gasteiger partial charge in [0.15, 0.2) is 0 Å². The van der Waals surface area contributed by atoms with Crippen molar-refractivity contribution in [1.82, 2.24) is 13.6 Å². The number of pyridine rings is 1. The standard InChI is InChI=1S/C13H19N3O4S/c1-15(10-11-5-4-7-14-9-11)21(19,20)16-8-3-2-6-12(16)13(17)18/h4-5,7,9,12H,2-3,6,8,10H2,1H3,(H,17,18). The molecule has 0 spiro atoms. The van der Waals surface area contributed by atoms with Gasteiger partial charge in [-0.25, -0.2) is 0 Å². The zero-order chi connectivity index (χ0) is 15.5. The molecule has 21 heavy (non-hydrogen) atoms. The fourth-order valence-corrected chi connectivity index (χ4v) is 3.98. The Bertz CT molecular complexity index is 591. The molecule has 0 aliphatic carbocycles. The van der Waals surface area contributed by atoms with E-state index < -0.39 is 22.2 Å². The highest BCUT2D eigenvalue weighted by atomic mass is 32.2. The lowest BCUT2D eigenvalue weighted by molar-refractivity contribution is -0.142. The van der Waals surface area contributed by atoms with Gasteiger partial charge in [0.2, 0.25) is 0 Å². The molecule has 1 aromatic heterocycles. The summed E-state index contributed by atoms with van der Waals surface area (Å²) in [6, 6.07) is 2.54. The molecule has 1 fully saturated rings. The highest BCUT2D eigenvalue weighted by molar-refractivity contribution is 7.86. The number of hydrogen-bond donors (Lipinski definition) is 1. The highest BCUT2D eigenvalue weighted by Crippen LogP contribution is 2.23. The first-order chi connectivity index (χ1) is 9.93. The fourth-order valence-electron chi connectivity index (χ4n) is 2.44. The largest absolute Gasteiger partial charge is 0.480 e. The number of carboxylic acid groups (broad SMARTS) is 1. The lowest BCUT2D eigenvalue weighted by atomic mass is 10.1. The first kappa shape index (κ1) is 15.9. The summed E-state index contributed by atoms with van der Waals surface area (Å²) in [6.07, 6.45) is 4.98. The van der Waals surface area contributed by atoms with Gasteiger partial charge in [-0.1, -0.05) is 6.07 Å². The molecule has 0 saturated carbocycles. The number of nitrogens with zero attached hydrogens (tertiary/aromatic N) is 3. The van der Waals surface area contributed by atoms with E-state index in [1.807, 2.05) is 0 Å². The van der Waals surface area contributed by atoms with Crippen LogP contribution in [0.2, 0.25) is 0 Å². The average Bonchev–Trinajstić information content (AvgIpc) is 2.48. The molecule has 8 heteroatoms. The van der Waals surface area contributed by atoms with Crippen molar-refractivity contribution in [1.29, 1.82) is 0 Å². The van der Waals surface area contributed by atoms with Crippen molar-refractivity contribution in [2.75, 3.05) is 13.6 Å². The van der Waals surface area contributed by atoms with E-state index in [-0.39, 0.29) is 13.1 Å². The van der Waals surface area contributed by atoms with Crippen LogP contribution < -0.4 is 0 Å². The van der Waals surface area contributed by atoms with E-state index in [0.717, 1.165) is 16.3 Å². The van der Waals surface area contributed by atoms with Crippen LogP contribution in [0, 0.1) is 0 Å². The van der Waals surface area contributed by atoms with Gasteiger partial charge in [-0.15, -0.1) is 0 Å². The van der Waals surface area contributed by atoms with Crippen LogP contribution in [0.5, 0.6) is 0 Å². The van der Waals surface area contributed by atoms with Gasteiger partial charge in [0, 0.05) is 32.5 Å². The van der Waals surface area contributed by atoms with E-state index in [1.165, 1.54) is 11.4 Å². The molecule has 1 aliphatic heterocycles. The Morgan fingerprint density at radius 3 is 2.90 bits per heavy atom. The summed E-state index contributed by atoms with van der Waals surface area (Å²) in [4.78, 5) is 15.2. The monoisotopic (exact) mass is 313 g/mol. The molecule has 1 saturated heterocycles. The summed E-state index contributed by atoms with van der Waals surface area (Å²) in [7, 11) is -2.34. The molecule has 1 aliphatic rings. The maximum atomic E-state index is 12.6. The molecule has 0 radical (unpaired) electrons. The minimum absolute atomic E-state index is 0.166. The third-order valence-corrected chi connectivity index (χ3v) is 5.50. The Labute approximate surface area is 124 Å². The Hall–Kier alpha value is -1.51. The van der Waals surface area contributed by atoms with Crippen LogP contribution in [0.4, 0.5) is 0 Å². The maximum Gasteiger partial charge on any atom is 0.322 e. The van der Waals surface area contributed by atoms with E-state index in [2.05, 4.69) is 4.98 Å². The molecule has 1 unspecified atom stereocenters. The summed E-state index contributed by atoms with van der Waals surface area (Å²) < 4.78 is 27.4. The lowest BCUT2D eigenvalue weighted by Gasteiger charge is -2.34. The molecule has 0 bridgehead atoms. The van der Waals surface area contributed by atoms with Gasteiger partial charge < -0.3 is 5.11 Å². The van der Waals surface area contributed by atoms with Gasteiger partial charge in [-0.3, -0.25) is 9.78 Å². The Morgan fingerprint density at radius 2 is 2.29 bits per heavy atom. The molecule has 1 N–H and O–H groups in total. The lowest BCUT2D eigenvalue weighted by Crippen LogP contribution is -2.52. The number of carbonyl (C=O) groups is 1. The first-order valence-electron chi connectivity index (χ1n) is 6.77. The van der Waals surface area contributed by atoms with Crippen LogP contribution in [-0.2, 0) is 21.5 Å². The second-order valence-electron chi connectivity index (χ2n) is 5.09. The average molecular weight is 313 g/mol. The van der Waals surface area contributed by atoms with E-state index in [0.29, 0.717) is 12.8 Å².